The number of aromatic nitrogens is 1. The zero-order valence-electron chi connectivity index (χ0n) is 19.7. The van der Waals surface area contributed by atoms with Crippen molar-refractivity contribution in [2.75, 3.05) is 59.5 Å². The number of methoxy groups -OCH3 is 1. The number of carbonyl (C=O) groups is 1. The van der Waals surface area contributed by atoms with Crippen LogP contribution in [0.5, 0.6) is 5.75 Å². The summed E-state index contributed by atoms with van der Waals surface area (Å²) in [4.78, 5) is 20.6. The molecule has 1 aromatic heterocycles. The minimum Gasteiger partial charge on any atom is -0.497 e. The van der Waals surface area contributed by atoms with Crippen molar-refractivity contribution in [2.45, 2.75) is 38.7 Å². The Morgan fingerprint density at radius 3 is 2.81 bits per heavy atom. The second-order valence-electron chi connectivity index (χ2n) is 9.66. The van der Waals surface area contributed by atoms with Gasteiger partial charge in [0.2, 0.25) is 5.91 Å². The van der Waals surface area contributed by atoms with E-state index in [1.54, 1.807) is 7.11 Å². The zero-order chi connectivity index (χ0) is 22.5. The van der Waals surface area contributed by atoms with E-state index in [-0.39, 0.29) is 12.0 Å². The van der Waals surface area contributed by atoms with Crippen LogP contribution in [-0.2, 0) is 9.53 Å². The molecule has 2 aliphatic heterocycles. The average molecular weight is 443 g/mol. The number of rotatable bonds is 8. The van der Waals surface area contributed by atoms with Gasteiger partial charge in [-0.1, -0.05) is 13.8 Å². The summed E-state index contributed by atoms with van der Waals surface area (Å²) in [6.45, 7) is 11.2. The molecule has 0 bridgehead atoms. The summed E-state index contributed by atoms with van der Waals surface area (Å²) >= 11 is 0. The van der Waals surface area contributed by atoms with Crippen LogP contribution in [-0.4, -0.2) is 86.3 Å². The third-order valence-electron chi connectivity index (χ3n) is 6.69. The topological polar surface area (TPSA) is 69.8 Å². The second kappa shape index (κ2) is 10.7. The number of aromatic amines is 1. The second-order valence-corrected chi connectivity index (χ2v) is 9.66. The van der Waals surface area contributed by atoms with Crippen LogP contribution in [0.1, 0.15) is 38.2 Å². The van der Waals surface area contributed by atoms with Gasteiger partial charge in [0.05, 0.1) is 26.4 Å². The number of fused-ring (bicyclic) bond motifs is 1. The molecule has 1 unspecified atom stereocenters. The van der Waals surface area contributed by atoms with Crippen molar-refractivity contribution in [3.63, 3.8) is 0 Å². The summed E-state index contributed by atoms with van der Waals surface area (Å²) in [6.07, 6.45) is 4.36. The van der Waals surface area contributed by atoms with Crippen LogP contribution in [0.15, 0.2) is 24.4 Å². The number of likely N-dealkylation sites (tertiary alicyclic amines) is 1. The van der Waals surface area contributed by atoms with Crippen molar-refractivity contribution in [1.82, 2.24) is 20.1 Å². The molecular weight excluding hydrogens is 404 g/mol. The van der Waals surface area contributed by atoms with Gasteiger partial charge in [-0.05, 0) is 61.5 Å². The number of hydrogen-bond acceptors (Lipinski definition) is 5. The Bertz CT molecular complexity index is 888. The number of morpholine rings is 1. The molecule has 2 aliphatic rings. The third kappa shape index (κ3) is 5.82. The monoisotopic (exact) mass is 442 g/mol. The maximum atomic E-state index is 12.5. The van der Waals surface area contributed by atoms with Crippen molar-refractivity contribution in [2.24, 2.45) is 5.92 Å². The Kier molecular flexibility index (Phi) is 7.71. The molecule has 1 atom stereocenters. The van der Waals surface area contributed by atoms with Gasteiger partial charge in [0, 0.05) is 43.3 Å². The van der Waals surface area contributed by atoms with E-state index >= 15 is 0 Å². The maximum Gasteiger partial charge on any atom is 0.234 e. The molecule has 32 heavy (non-hydrogen) atoms. The lowest BCUT2D eigenvalue weighted by Crippen LogP contribution is -2.49. The lowest BCUT2D eigenvalue weighted by molar-refractivity contribution is -0.123. The van der Waals surface area contributed by atoms with Gasteiger partial charge >= 0.3 is 0 Å². The molecule has 4 rings (SSSR count). The van der Waals surface area contributed by atoms with E-state index in [1.807, 2.05) is 6.07 Å². The van der Waals surface area contributed by atoms with Crippen LogP contribution in [0.4, 0.5) is 0 Å². The lowest BCUT2D eigenvalue weighted by Gasteiger charge is -2.34. The molecule has 3 heterocycles. The van der Waals surface area contributed by atoms with Crippen LogP contribution in [0, 0.1) is 5.92 Å². The first-order valence-electron chi connectivity index (χ1n) is 12.0. The van der Waals surface area contributed by atoms with Gasteiger partial charge in [0.25, 0.3) is 0 Å². The van der Waals surface area contributed by atoms with Gasteiger partial charge in [0.15, 0.2) is 0 Å². The molecule has 2 saturated heterocycles. The smallest absolute Gasteiger partial charge is 0.234 e. The Morgan fingerprint density at radius 1 is 1.25 bits per heavy atom. The van der Waals surface area contributed by atoms with Crippen LogP contribution >= 0.6 is 0 Å². The molecule has 2 aromatic rings. The number of hydrogen-bond donors (Lipinski definition) is 2. The first kappa shape index (κ1) is 23.1. The standard InChI is InChI=1S/C25H38N4O3/c1-18(2)15-29-10-11-32-21(16-29)13-27-25(30)17-28-8-6-19(7-9-28)23-14-26-24-5-4-20(31-3)12-22(23)24/h4-5,12,14,18-19,21,26H,6-11,13,15-17H2,1-3H3,(H,27,30). The van der Waals surface area contributed by atoms with Crippen molar-refractivity contribution in [1.29, 1.82) is 0 Å². The Morgan fingerprint density at radius 2 is 2.06 bits per heavy atom. The lowest BCUT2D eigenvalue weighted by atomic mass is 9.89. The fourth-order valence-corrected chi connectivity index (χ4v) is 5.06. The number of ether oxygens (including phenoxy) is 2. The largest absolute Gasteiger partial charge is 0.497 e. The maximum absolute atomic E-state index is 12.5. The molecule has 2 fully saturated rings. The average Bonchev–Trinajstić information content (AvgIpc) is 3.21. The highest BCUT2D eigenvalue weighted by molar-refractivity contribution is 5.85. The minimum absolute atomic E-state index is 0.0936. The van der Waals surface area contributed by atoms with Crippen molar-refractivity contribution in [3.05, 3.63) is 30.0 Å². The number of nitrogens with one attached hydrogen (secondary N) is 2. The normalized spacial score (nSPS) is 21.3. The Hall–Kier alpha value is -2.09. The fraction of sp³-hybridized carbons (Fsp3) is 0.640. The molecule has 1 amide bonds. The highest BCUT2D eigenvalue weighted by atomic mass is 16.5. The molecule has 176 valence electrons. The van der Waals surface area contributed by atoms with Crippen LogP contribution in [0.25, 0.3) is 10.9 Å². The van der Waals surface area contributed by atoms with E-state index in [4.69, 9.17) is 9.47 Å². The highest BCUT2D eigenvalue weighted by Crippen LogP contribution is 2.34. The van der Waals surface area contributed by atoms with Gasteiger partial charge < -0.3 is 19.8 Å². The summed E-state index contributed by atoms with van der Waals surface area (Å²) in [7, 11) is 1.71. The number of amides is 1. The molecule has 2 N–H and O–H groups in total. The van der Waals surface area contributed by atoms with E-state index < -0.39 is 0 Å². The highest BCUT2D eigenvalue weighted by Gasteiger charge is 2.25. The Labute approximate surface area is 191 Å². The van der Waals surface area contributed by atoms with Gasteiger partial charge in [-0.15, -0.1) is 0 Å². The predicted octanol–water partition coefficient (Wildman–Crippen LogP) is 2.83. The van der Waals surface area contributed by atoms with E-state index in [9.17, 15) is 4.79 Å². The van der Waals surface area contributed by atoms with E-state index in [0.717, 1.165) is 63.4 Å². The number of nitrogens with zero attached hydrogens (tertiary/aromatic N) is 2. The zero-order valence-corrected chi connectivity index (χ0v) is 19.7. The van der Waals surface area contributed by atoms with Crippen molar-refractivity contribution >= 4 is 16.8 Å². The number of carbonyl (C=O) groups excluding carboxylic acids is 1. The summed E-state index contributed by atoms with van der Waals surface area (Å²) in [5.74, 6) is 2.15. The SMILES string of the molecule is COc1ccc2[nH]cc(C3CCN(CC(=O)NCC4CN(CC(C)C)CCO4)CC3)c2c1. The molecule has 0 saturated carbocycles. The quantitative estimate of drug-likeness (QED) is 0.658. The molecular formula is C25H38N4O3. The molecule has 7 nitrogen and oxygen atoms in total. The van der Waals surface area contributed by atoms with E-state index in [2.05, 4.69) is 52.3 Å². The van der Waals surface area contributed by atoms with Crippen molar-refractivity contribution < 1.29 is 14.3 Å². The number of H-pyrrole nitrogens is 1. The number of piperidine rings is 1. The Balaban J connectivity index is 1.22. The summed E-state index contributed by atoms with van der Waals surface area (Å²) < 4.78 is 11.3. The van der Waals surface area contributed by atoms with Gasteiger partial charge in [0.1, 0.15) is 5.75 Å². The number of benzene rings is 1. The molecule has 0 aliphatic carbocycles. The molecule has 0 spiro atoms. The van der Waals surface area contributed by atoms with Crippen molar-refractivity contribution in [3.8, 4) is 5.75 Å². The summed E-state index contributed by atoms with van der Waals surface area (Å²) in [5.41, 5.74) is 2.52. The molecule has 0 radical (unpaired) electrons. The molecule has 7 heteroatoms. The van der Waals surface area contributed by atoms with Crippen LogP contribution < -0.4 is 10.1 Å². The van der Waals surface area contributed by atoms with Gasteiger partial charge in [-0.25, -0.2) is 0 Å². The third-order valence-corrected chi connectivity index (χ3v) is 6.69. The van der Waals surface area contributed by atoms with Gasteiger partial charge in [-0.3, -0.25) is 14.6 Å². The van der Waals surface area contributed by atoms with E-state index in [0.29, 0.717) is 24.9 Å². The predicted molar refractivity (Wildman–Crippen MR) is 127 cm³/mol. The summed E-state index contributed by atoms with van der Waals surface area (Å²) in [6, 6.07) is 6.19. The molecule has 1 aromatic carbocycles. The van der Waals surface area contributed by atoms with Crippen LogP contribution in [0.3, 0.4) is 0 Å². The van der Waals surface area contributed by atoms with Crippen LogP contribution in [0.2, 0.25) is 0 Å². The first-order valence-corrected chi connectivity index (χ1v) is 12.0. The minimum atomic E-state index is 0.0936. The first-order chi connectivity index (χ1) is 15.5. The fourth-order valence-electron chi connectivity index (χ4n) is 5.06. The summed E-state index contributed by atoms with van der Waals surface area (Å²) in [5, 5.41) is 4.35. The van der Waals surface area contributed by atoms with E-state index in [1.165, 1.54) is 10.9 Å². The van der Waals surface area contributed by atoms with Gasteiger partial charge in [-0.2, -0.15) is 0 Å².